The molecule has 6 rings (SSSR count). The summed E-state index contributed by atoms with van der Waals surface area (Å²) in [5.41, 5.74) is -1.34. The lowest BCUT2D eigenvalue weighted by molar-refractivity contribution is -0.274. The fourth-order valence-electron chi connectivity index (χ4n) is 5.48. The van der Waals surface area contributed by atoms with Crippen molar-refractivity contribution < 1.29 is 41.4 Å². The van der Waals surface area contributed by atoms with Gasteiger partial charge in [-0.15, -0.1) is 13.2 Å². The SMILES string of the molecule is CCOC(=O)c1cncc(-c2cc3ncn(-c4ccc(OC(F)(F)F)c(NC(=O)C5(N6CCOCC6)CC5)c4)c(=O)c3cc2F)c1. The first-order valence-corrected chi connectivity index (χ1v) is 14.4. The highest BCUT2D eigenvalue weighted by molar-refractivity contribution is 6.01. The Balaban J connectivity index is 1.35. The van der Waals surface area contributed by atoms with Crippen molar-refractivity contribution in [2.75, 3.05) is 38.2 Å². The van der Waals surface area contributed by atoms with Crippen LogP contribution in [-0.2, 0) is 14.3 Å². The van der Waals surface area contributed by atoms with Gasteiger partial charge in [0.25, 0.3) is 5.56 Å². The van der Waals surface area contributed by atoms with Crippen molar-refractivity contribution in [1.82, 2.24) is 19.4 Å². The number of hydrogen-bond acceptors (Lipinski definition) is 9. The fourth-order valence-corrected chi connectivity index (χ4v) is 5.48. The third kappa shape index (κ3) is 6.15. The number of nitrogens with zero attached hydrogens (tertiary/aromatic N) is 4. The molecule has 1 saturated carbocycles. The first-order chi connectivity index (χ1) is 22.0. The Morgan fingerprint density at radius 3 is 2.54 bits per heavy atom. The molecule has 2 aromatic heterocycles. The number of halogens is 4. The Labute approximate surface area is 258 Å². The molecule has 11 nitrogen and oxygen atoms in total. The number of pyridine rings is 1. The van der Waals surface area contributed by atoms with Crippen LogP contribution in [0.15, 0.2) is 59.9 Å². The van der Waals surface area contributed by atoms with E-state index in [1.54, 1.807) is 6.92 Å². The first-order valence-electron chi connectivity index (χ1n) is 14.4. The van der Waals surface area contributed by atoms with Crippen LogP contribution in [0, 0.1) is 5.82 Å². The molecule has 2 aliphatic rings. The molecule has 1 N–H and O–H groups in total. The van der Waals surface area contributed by atoms with E-state index in [0.29, 0.717) is 39.1 Å². The Morgan fingerprint density at radius 1 is 1.09 bits per heavy atom. The minimum absolute atomic E-state index is 0.0312. The van der Waals surface area contributed by atoms with E-state index in [1.165, 1.54) is 36.7 Å². The normalized spacial score (nSPS) is 16.2. The van der Waals surface area contributed by atoms with Gasteiger partial charge in [-0.25, -0.2) is 14.2 Å². The fraction of sp³-hybridized carbons (Fsp3) is 0.323. The molecule has 0 unspecified atom stereocenters. The maximum atomic E-state index is 15.4. The lowest BCUT2D eigenvalue weighted by atomic mass is 10.0. The third-order valence-corrected chi connectivity index (χ3v) is 7.89. The summed E-state index contributed by atoms with van der Waals surface area (Å²) in [6.07, 6.45) is -0.228. The summed E-state index contributed by atoms with van der Waals surface area (Å²) in [5.74, 6) is -2.60. The molecule has 0 bridgehead atoms. The minimum Gasteiger partial charge on any atom is -0.462 e. The quantitative estimate of drug-likeness (QED) is 0.219. The van der Waals surface area contributed by atoms with Gasteiger partial charge in [0.15, 0.2) is 5.75 Å². The first kappa shape index (κ1) is 31.1. The number of rotatable bonds is 8. The van der Waals surface area contributed by atoms with E-state index in [9.17, 15) is 27.6 Å². The average molecular weight is 642 g/mol. The molecule has 1 saturated heterocycles. The maximum Gasteiger partial charge on any atom is 0.573 e. The number of morpholine rings is 1. The van der Waals surface area contributed by atoms with Gasteiger partial charge >= 0.3 is 12.3 Å². The Kier molecular flexibility index (Phi) is 8.20. The number of aromatic nitrogens is 3. The van der Waals surface area contributed by atoms with Crippen LogP contribution < -0.4 is 15.6 Å². The van der Waals surface area contributed by atoms with E-state index in [2.05, 4.69) is 20.0 Å². The van der Waals surface area contributed by atoms with E-state index in [4.69, 9.17) is 9.47 Å². The van der Waals surface area contributed by atoms with E-state index in [-0.39, 0.29) is 45.6 Å². The van der Waals surface area contributed by atoms with Gasteiger partial charge in [-0.05, 0) is 56.2 Å². The van der Waals surface area contributed by atoms with Crippen LogP contribution in [0.4, 0.5) is 23.2 Å². The van der Waals surface area contributed by atoms with E-state index < -0.39 is 40.9 Å². The Morgan fingerprint density at radius 2 is 1.85 bits per heavy atom. The van der Waals surface area contributed by atoms with Crippen LogP contribution >= 0.6 is 0 Å². The number of nitrogens with one attached hydrogen (secondary N) is 1. The largest absolute Gasteiger partial charge is 0.573 e. The smallest absolute Gasteiger partial charge is 0.462 e. The van der Waals surface area contributed by atoms with Crippen LogP contribution in [0.25, 0.3) is 27.7 Å². The van der Waals surface area contributed by atoms with Crippen molar-refractivity contribution >= 4 is 28.5 Å². The lowest BCUT2D eigenvalue weighted by Crippen LogP contribution is -2.51. The maximum absolute atomic E-state index is 15.4. The van der Waals surface area contributed by atoms with Gasteiger partial charge in [-0.1, -0.05) is 0 Å². The van der Waals surface area contributed by atoms with Crippen LogP contribution in [0.5, 0.6) is 5.75 Å². The van der Waals surface area contributed by atoms with Gasteiger partial charge < -0.3 is 19.5 Å². The van der Waals surface area contributed by atoms with Crippen LogP contribution in [-0.4, -0.2) is 76.1 Å². The number of esters is 1. The molecule has 15 heteroatoms. The number of carbonyl (C=O) groups is 2. The molecule has 4 aromatic rings. The van der Waals surface area contributed by atoms with Crippen molar-refractivity contribution in [3.8, 4) is 22.6 Å². The molecule has 0 spiro atoms. The summed E-state index contributed by atoms with van der Waals surface area (Å²) in [6.45, 7) is 3.67. The minimum atomic E-state index is -5.05. The van der Waals surface area contributed by atoms with Crippen molar-refractivity contribution in [1.29, 1.82) is 0 Å². The van der Waals surface area contributed by atoms with Crippen LogP contribution in [0.2, 0.25) is 0 Å². The number of carbonyl (C=O) groups excluding carboxylic acids is 2. The molecule has 1 aliphatic heterocycles. The van der Waals surface area contributed by atoms with E-state index in [1.807, 2.05) is 4.90 Å². The summed E-state index contributed by atoms with van der Waals surface area (Å²) in [7, 11) is 0. The lowest BCUT2D eigenvalue weighted by Gasteiger charge is -2.34. The molecular formula is C31H27F4N5O6. The Bertz CT molecular complexity index is 1890. The highest BCUT2D eigenvalue weighted by Crippen LogP contribution is 2.44. The summed E-state index contributed by atoms with van der Waals surface area (Å²) in [4.78, 5) is 49.3. The zero-order valence-corrected chi connectivity index (χ0v) is 24.4. The predicted octanol–water partition coefficient (Wildman–Crippen LogP) is 4.47. The van der Waals surface area contributed by atoms with Gasteiger partial charge in [-0.2, -0.15) is 0 Å². The average Bonchev–Trinajstić information content (AvgIpc) is 3.85. The van der Waals surface area contributed by atoms with Gasteiger partial charge in [0.05, 0.1) is 47.7 Å². The number of amides is 1. The van der Waals surface area contributed by atoms with Crippen molar-refractivity contribution in [2.45, 2.75) is 31.7 Å². The van der Waals surface area contributed by atoms with E-state index in [0.717, 1.165) is 23.0 Å². The predicted molar refractivity (Wildman–Crippen MR) is 156 cm³/mol. The highest BCUT2D eigenvalue weighted by atomic mass is 19.4. The molecule has 2 aromatic carbocycles. The summed E-state index contributed by atoms with van der Waals surface area (Å²) in [6, 6.07) is 7.06. The summed E-state index contributed by atoms with van der Waals surface area (Å²) in [5, 5.41) is 2.45. The van der Waals surface area contributed by atoms with Crippen molar-refractivity contribution in [3.63, 3.8) is 0 Å². The summed E-state index contributed by atoms with van der Waals surface area (Å²) < 4.78 is 70.7. The third-order valence-electron chi connectivity index (χ3n) is 7.89. The molecule has 1 aliphatic carbocycles. The number of ether oxygens (including phenoxy) is 3. The van der Waals surface area contributed by atoms with E-state index >= 15 is 4.39 Å². The second-order valence-electron chi connectivity index (χ2n) is 10.8. The second kappa shape index (κ2) is 12.1. The van der Waals surface area contributed by atoms with Crippen LogP contribution in [0.3, 0.4) is 0 Å². The molecule has 46 heavy (non-hydrogen) atoms. The molecule has 240 valence electrons. The molecule has 3 heterocycles. The number of hydrogen-bond donors (Lipinski definition) is 1. The molecule has 2 fully saturated rings. The van der Waals surface area contributed by atoms with Crippen molar-refractivity contribution in [3.05, 3.63) is 76.9 Å². The molecule has 1 amide bonds. The zero-order valence-electron chi connectivity index (χ0n) is 24.4. The highest BCUT2D eigenvalue weighted by Gasteiger charge is 2.54. The standard InChI is InChI=1S/C31H27F4N5O6/c1-2-45-28(42)19-11-18(15-36-16-19)21-14-24-22(13-23(21)32)27(41)40(17-37-24)20-3-4-26(46-31(33,34)35)25(12-20)38-29(43)30(5-6-30)39-7-9-44-10-8-39/h3-4,11-17H,2,5-10H2,1H3,(H,38,43). The molecule has 0 radical (unpaired) electrons. The Hall–Kier alpha value is -4.89. The second-order valence-corrected chi connectivity index (χ2v) is 10.8. The van der Waals surface area contributed by atoms with Crippen LogP contribution in [0.1, 0.15) is 30.1 Å². The number of alkyl halides is 3. The number of fused-ring (bicyclic) bond motifs is 1. The van der Waals surface area contributed by atoms with Gasteiger partial charge in [0.2, 0.25) is 5.91 Å². The zero-order chi connectivity index (χ0) is 32.6. The van der Waals surface area contributed by atoms with Gasteiger partial charge in [0.1, 0.15) is 17.7 Å². The topological polar surface area (TPSA) is 125 Å². The molecular weight excluding hydrogens is 614 g/mol. The van der Waals surface area contributed by atoms with Crippen molar-refractivity contribution in [2.24, 2.45) is 0 Å². The monoisotopic (exact) mass is 641 g/mol. The van der Waals surface area contributed by atoms with Gasteiger partial charge in [-0.3, -0.25) is 24.0 Å². The molecule has 0 atom stereocenters. The number of benzene rings is 2. The van der Waals surface area contributed by atoms with Gasteiger partial charge in [0, 0.05) is 36.6 Å². The summed E-state index contributed by atoms with van der Waals surface area (Å²) >= 11 is 0. The number of anilines is 1.